The van der Waals surface area contributed by atoms with Gasteiger partial charge in [-0.05, 0) is 97.4 Å². The van der Waals surface area contributed by atoms with Gasteiger partial charge < -0.3 is 24.6 Å². The molecule has 8 nitrogen and oxygen atoms in total. The molecule has 2 saturated heterocycles. The molecule has 0 unspecified atom stereocenters. The summed E-state index contributed by atoms with van der Waals surface area (Å²) in [7, 11) is 0. The van der Waals surface area contributed by atoms with E-state index in [9.17, 15) is 40.3 Å². The maximum atomic E-state index is 14.9. The first kappa shape index (κ1) is 35.2. The van der Waals surface area contributed by atoms with Crippen LogP contribution in [-0.2, 0) is 16.1 Å². The Hall–Kier alpha value is -4.66. The summed E-state index contributed by atoms with van der Waals surface area (Å²) in [5.74, 6) is -4.88. The highest BCUT2D eigenvalue weighted by atomic mass is 19.4. The van der Waals surface area contributed by atoms with Crippen molar-refractivity contribution in [2.75, 3.05) is 24.5 Å². The monoisotopic (exact) mass is 669 g/mol. The number of carboxylic acids is 2. The number of amides is 1. The zero-order valence-corrected chi connectivity index (χ0v) is 24.8. The van der Waals surface area contributed by atoms with Crippen LogP contribution in [0.3, 0.4) is 0 Å². The summed E-state index contributed by atoms with van der Waals surface area (Å²) in [6, 6.07) is 15.0. The van der Waals surface area contributed by atoms with Crippen LogP contribution in [0.1, 0.15) is 40.7 Å². The summed E-state index contributed by atoms with van der Waals surface area (Å²) in [6.07, 6.45) is -8.26. The van der Waals surface area contributed by atoms with E-state index >= 15 is 0 Å². The molecule has 1 amide bonds. The van der Waals surface area contributed by atoms with Crippen LogP contribution in [0, 0.1) is 18.2 Å². The van der Waals surface area contributed by atoms with Crippen molar-refractivity contribution in [3.63, 3.8) is 0 Å². The van der Waals surface area contributed by atoms with Crippen LogP contribution in [0.15, 0.2) is 60.7 Å². The second kappa shape index (κ2) is 13.6. The summed E-state index contributed by atoms with van der Waals surface area (Å²) < 4.78 is 89.3. The number of anilines is 1. The number of benzene rings is 3. The Labute approximate surface area is 264 Å². The quantitative estimate of drug-likeness (QED) is 0.335. The lowest BCUT2D eigenvalue weighted by Gasteiger charge is -2.39. The van der Waals surface area contributed by atoms with Crippen molar-refractivity contribution in [3.8, 4) is 16.9 Å². The standard InChI is InChI=1S/C30H28F4N2O4.C2HF3O2/c1-19-2-8-25(26(31)14-19)24-9-7-23(40-30(32,33)34)15-21(24)17-35-12-10-29(11-13-35)16-27(37)36(18-29)22-5-3-20(4-6-22)28(38)39;3-2(4,5)1(6)7/h2-9,14-15H,10-13,16-18H2,1H3,(H,38,39);(H,6,7)/p-1. The van der Waals surface area contributed by atoms with Gasteiger partial charge in [-0.3, -0.25) is 9.69 Å². The smallest absolute Gasteiger partial charge is 0.542 e. The molecule has 5 rings (SSSR count). The molecule has 47 heavy (non-hydrogen) atoms. The van der Waals surface area contributed by atoms with Crippen LogP contribution < -0.4 is 14.7 Å². The van der Waals surface area contributed by atoms with Crippen LogP contribution in [-0.4, -0.2) is 60.0 Å². The Morgan fingerprint density at radius 2 is 1.53 bits per heavy atom. The first-order chi connectivity index (χ1) is 21.9. The van der Waals surface area contributed by atoms with E-state index in [1.54, 1.807) is 36.1 Å². The highest BCUT2D eigenvalue weighted by Crippen LogP contribution is 2.43. The minimum Gasteiger partial charge on any atom is -0.542 e. The predicted molar refractivity (Wildman–Crippen MR) is 152 cm³/mol. The van der Waals surface area contributed by atoms with Gasteiger partial charge in [0, 0.05) is 30.8 Å². The predicted octanol–water partition coefficient (Wildman–Crippen LogP) is 5.72. The van der Waals surface area contributed by atoms with Gasteiger partial charge in [-0.25, -0.2) is 9.18 Å². The van der Waals surface area contributed by atoms with Gasteiger partial charge in [0.25, 0.3) is 0 Å². The Balaban J connectivity index is 0.000000644. The molecule has 0 radical (unpaired) electrons. The summed E-state index contributed by atoms with van der Waals surface area (Å²) in [4.78, 5) is 36.6. The number of hydrogen-bond donors (Lipinski definition) is 1. The molecule has 0 aromatic heterocycles. The molecule has 0 bridgehead atoms. The zero-order valence-electron chi connectivity index (χ0n) is 24.8. The summed E-state index contributed by atoms with van der Waals surface area (Å²) in [6.45, 7) is 3.79. The number of rotatable bonds is 6. The van der Waals surface area contributed by atoms with Crippen LogP contribution in [0.2, 0.25) is 0 Å². The summed E-state index contributed by atoms with van der Waals surface area (Å²) >= 11 is 0. The second-order valence-electron chi connectivity index (χ2n) is 11.4. The number of hydrogen-bond acceptors (Lipinski definition) is 6. The molecule has 252 valence electrons. The van der Waals surface area contributed by atoms with Crippen LogP contribution >= 0.6 is 0 Å². The first-order valence-corrected chi connectivity index (χ1v) is 14.2. The molecular weight excluding hydrogens is 641 g/mol. The molecule has 0 saturated carbocycles. The molecule has 1 N–H and O–H groups in total. The molecule has 3 aromatic carbocycles. The van der Waals surface area contributed by atoms with Gasteiger partial charge >= 0.3 is 18.5 Å². The third-order valence-electron chi connectivity index (χ3n) is 8.01. The van der Waals surface area contributed by atoms with E-state index in [1.165, 1.54) is 36.4 Å². The highest BCUT2D eigenvalue weighted by Gasteiger charge is 2.45. The Bertz CT molecular complexity index is 1630. The number of carbonyl (C=O) groups excluding carboxylic acids is 2. The third kappa shape index (κ3) is 8.99. The summed E-state index contributed by atoms with van der Waals surface area (Å²) in [5.41, 5.74) is 2.61. The van der Waals surface area contributed by atoms with Gasteiger partial charge in [-0.1, -0.05) is 18.2 Å². The molecule has 2 aliphatic rings. The fourth-order valence-electron chi connectivity index (χ4n) is 5.68. The number of aryl methyl sites for hydroxylation is 1. The Morgan fingerprint density at radius 1 is 0.936 bits per heavy atom. The highest BCUT2D eigenvalue weighted by molar-refractivity contribution is 5.97. The van der Waals surface area contributed by atoms with Crippen LogP contribution in [0.4, 0.5) is 36.4 Å². The van der Waals surface area contributed by atoms with E-state index in [-0.39, 0.29) is 22.6 Å². The number of carboxylic acid groups (broad SMARTS) is 2. The average molecular weight is 670 g/mol. The SMILES string of the molecule is Cc1ccc(-c2ccc(OC(F)(F)F)cc2CN2CCC3(CC2)CC(=O)N(c2ccc(C(=O)O)cc2)C3)c(F)c1.O=C([O-])C(F)(F)F. The molecule has 3 aromatic rings. The van der Waals surface area contributed by atoms with Gasteiger partial charge in [0.05, 0.1) is 5.56 Å². The lowest BCUT2D eigenvalue weighted by Crippen LogP contribution is -2.41. The minimum atomic E-state index is -5.19. The molecule has 2 aliphatic heterocycles. The fourth-order valence-corrected chi connectivity index (χ4v) is 5.68. The maximum Gasteiger partial charge on any atom is 0.573 e. The van der Waals surface area contributed by atoms with Gasteiger partial charge in [-0.2, -0.15) is 13.2 Å². The van der Waals surface area contributed by atoms with Crippen molar-refractivity contribution in [2.45, 2.75) is 45.3 Å². The number of piperidine rings is 1. The third-order valence-corrected chi connectivity index (χ3v) is 8.01. The van der Waals surface area contributed by atoms with Crippen molar-refractivity contribution in [3.05, 3.63) is 83.2 Å². The summed E-state index contributed by atoms with van der Waals surface area (Å²) in [5, 5.41) is 17.9. The average Bonchev–Trinajstić information content (AvgIpc) is 3.29. The van der Waals surface area contributed by atoms with Crippen molar-refractivity contribution in [2.24, 2.45) is 5.41 Å². The largest absolute Gasteiger partial charge is 0.573 e. The number of aromatic carboxylic acids is 1. The second-order valence-corrected chi connectivity index (χ2v) is 11.4. The van der Waals surface area contributed by atoms with Crippen LogP contribution in [0.25, 0.3) is 11.1 Å². The van der Waals surface area contributed by atoms with E-state index in [2.05, 4.69) is 9.64 Å². The first-order valence-electron chi connectivity index (χ1n) is 14.2. The fraction of sp³-hybridized carbons (Fsp3) is 0.344. The number of carbonyl (C=O) groups is 3. The number of ether oxygens (including phenoxy) is 1. The van der Waals surface area contributed by atoms with E-state index in [0.29, 0.717) is 67.8 Å². The maximum absolute atomic E-state index is 14.9. The Kier molecular flexibility index (Phi) is 10.2. The van der Waals surface area contributed by atoms with Crippen molar-refractivity contribution in [1.82, 2.24) is 4.90 Å². The normalized spacial score (nSPS) is 16.5. The van der Waals surface area contributed by atoms with Gasteiger partial charge in [-0.15, -0.1) is 13.2 Å². The topological polar surface area (TPSA) is 110 Å². The van der Waals surface area contributed by atoms with E-state index < -0.39 is 30.3 Å². The van der Waals surface area contributed by atoms with E-state index in [4.69, 9.17) is 15.0 Å². The van der Waals surface area contributed by atoms with Crippen molar-refractivity contribution >= 4 is 23.5 Å². The lowest BCUT2D eigenvalue weighted by molar-refractivity contribution is -0.344. The zero-order chi connectivity index (χ0) is 34.7. The molecule has 15 heteroatoms. The number of nitrogens with zero attached hydrogens (tertiary/aromatic N) is 2. The molecule has 2 heterocycles. The number of likely N-dealkylation sites (tertiary alicyclic amines) is 1. The molecular formula is C32H28F7N2O6-. The number of alkyl halides is 6. The van der Waals surface area contributed by atoms with Crippen molar-refractivity contribution in [1.29, 1.82) is 0 Å². The van der Waals surface area contributed by atoms with E-state index in [0.717, 1.165) is 5.56 Å². The minimum absolute atomic E-state index is 0.0225. The number of aliphatic carboxylic acids is 1. The van der Waals surface area contributed by atoms with Crippen molar-refractivity contribution < 1.29 is 60.1 Å². The van der Waals surface area contributed by atoms with Crippen LogP contribution in [0.5, 0.6) is 5.75 Å². The van der Waals surface area contributed by atoms with E-state index in [1.807, 2.05) is 0 Å². The van der Waals surface area contributed by atoms with Gasteiger partial charge in [0.15, 0.2) is 0 Å². The molecule has 2 fully saturated rings. The van der Waals surface area contributed by atoms with Gasteiger partial charge in [0.2, 0.25) is 5.91 Å². The Morgan fingerprint density at radius 3 is 2.06 bits per heavy atom. The molecule has 0 atom stereocenters. The lowest BCUT2D eigenvalue weighted by atomic mass is 9.77. The molecule has 0 aliphatic carbocycles. The van der Waals surface area contributed by atoms with Gasteiger partial charge in [0.1, 0.15) is 17.5 Å². The molecule has 1 spiro atoms. The number of halogens is 7.